The van der Waals surface area contributed by atoms with Crippen molar-refractivity contribution in [3.8, 4) is 0 Å². The highest BCUT2D eigenvalue weighted by atomic mass is 35.5. The Balaban J connectivity index is 0.00000118. The van der Waals surface area contributed by atoms with Crippen molar-refractivity contribution in [1.82, 2.24) is 10.2 Å². The average molecular weight is 468 g/mol. The van der Waals surface area contributed by atoms with Gasteiger partial charge in [-0.2, -0.15) is 0 Å². The number of methoxy groups -OCH3 is 1. The minimum absolute atomic E-state index is 0.109. The standard InChI is InChI=1S/C20H25ClN2O5.C3H9N/c1-4-28-20(25)18-15(11-27-10-9-22)23-12(2)16(19(24)26-3)17(18)13-7-5-6-8-14(13)21;1-4(2)3/h5-8,17,23H,4,9-11,22H2,1-3H3;1-3H3. The molecule has 0 aliphatic carbocycles. The van der Waals surface area contributed by atoms with Gasteiger partial charge in [-0.3, -0.25) is 0 Å². The summed E-state index contributed by atoms with van der Waals surface area (Å²) in [7, 11) is 7.29. The second-order valence-corrected chi connectivity index (χ2v) is 7.81. The van der Waals surface area contributed by atoms with Crippen LogP contribution in [0.15, 0.2) is 46.8 Å². The zero-order chi connectivity index (χ0) is 24.3. The Kier molecular flexibility index (Phi) is 12.0. The number of ether oxygens (including phenoxy) is 3. The van der Waals surface area contributed by atoms with E-state index in [9.17, 15) is 9.59 Å². The van der Waals surface area contributed by atoms with Crippen LogP contribution in [0.1, 0.15) is 25.3 Å². The molecule has 2 rings (SSSR count). The molecule has 0 radical (unpaired) electrons. The molecular weight excluding hydrogens is 434 g/mol. The minimum Gasteiger partial charge on any atom is -0.466 e. The number of dihydropyridines is 1. The van der Waals surface area contributed by atoms with Gasteiger partial charge in [0.2, 0.25) is 0 Å². The van der Waals surface area contributed by atoms with E-state index in [-0.39, 0.29) is 18.8 Å². The van der Waals surface area contributed by atoms with Crippen molar-refractivity contribution in [3.05, 3.63) is 57.4 Å². The minimum atomic E-state index is -0.752. The van der Waals surface area contributed by atoms with Crippen molar-refractivity contribution >= 4 is 23.5 Å². The summed E-state index contributed by atoms with van der Waals surface area (Å²) in [4.78, 5) is 27.5. The van der Waals surface area contributed by atoms with Crippen LogP contribution < -0.4 is 11.1 Å². The number of carbonyl (C=O) groups excluding carboxylic acids is 2. The van der Waals surface area contributed by atoms with Gasteiger partial charge in [-0.05, 0) is 46.6 Å². The van der Waals surface area contributed by atoms with Crippen molar-refractivity contribution in [2.24, 2.45) is 5.73 Å². The number of hydrogen-bond donors (Lipinski definition) is 2. The van der Waals surface area contributed by atoms with Gasteiger partial charge in [-0.15, -0.1) is 0 Å². The molecule has 0 aromatic heterocycles. The van der Waals surface area contributed by atoms with Gasteiger partial charge >= 0.3 is 11.9 Å². The lowest BCUT2D eigenvalue weighted by atomic mass is 9.80. The average Bonchev–Trinajstić information content (AvgIpc) is 2.73. The summed E-state index contributed by atoms with van der Waals surface area (Å²) in [6.45, 7) is 4.42. The smallest absolute Gasteiger partial charge is 0.336 e. The highest BCUT2D eigenvalue weighted by molar-refractivity contribution is 6.31. The quantitative estimate of drug-likeness (QED) is 0.444. The molecular formula is C23H34ClN3O5. The number of nitrogens with two attached hydrogens (primary N) is 1. The number of esters is 2. The van der Waals surface area contributed by atoms with Gasteiger partial charge in [-0.1, -0.05) is 29.8 Å². The molecule has 178 valence electrons. The number of hydrogen-bond acceptors (Lipinski definition) is 8. The van der Waals surface area contributed by atoms with E-state index in [1.54, 1.807) is 38.1 Å². The molecule has 0 saturated carbocycles. The van der Waals surface area contributed by atoms with E-state index in [1.807, 2.05) is 26.0 Å². The molecule has 0 spiro atoms. The number of carbonyl (C=O) groups is 2. The Morgan fingerprint density at radius 3 is 2.31 bits per heavy atom. The van der Waals surface area contributed by atoms with E-state index in [0.717, 1.165) is 0 Å². The summed E-state index contributed by atoms with van der Waals surface area (Å²) in [5.74, 6) is -1.86. The number of rotatable bonds is 8. The molecule has 1 heterocycles. The lowest BCUT2D eigenvalue weighted by molar-refractivity contribution is -0.139. The number of nitrogens with zero attached hydrogens (tertiary/aromatic N) is 1. The van der Waals surface area contributed by atoms with Crippen LogP contribution in [0.25, 0.3) is 0 Å². The summed E-state index contributed by atoms with van der Waals surface area (Å²) in [5.41, 5.74) is 7.70. The fourth-order valence-corrected chi connectivity index (χ4v) is 3.36. The first-order valence-electron chi connectivity index (χ1n) is 10.3. The second kappa shape index (κ2) is 13.9. The van der Waals surface area contributed by atoms with E-state index >= 15 is 0 Å². The predicted octanol–water partition coefficient (Wildman–Crippen LogP) is 2.44. The van der Waals surface area contributed by atoms with Crippen LogP contribution in [0.4, 0.5) is 0 Å². The summed E-state index contributed by atoms with van der Waals surface area (Å²) >= 11 is 6.42. The summed E-state index contributed by atoms with van der Waals surface area (Å²) in [5, 5.41) is 3.52. The summed E-state index contributed by atoms with van der Waals surface area (Å²) in [6, 6.07) is 7.05. The monoisotopic (exact) mass is 467 g/mol. The van der Waals surface area contributed by atoms with E-state index in [1.165, 1.54) is 7.11 Å². The lowest BCUT2D eigenvalue weighted by Gasteiger charge is -2.31. The fraction of sp³-hybridized carbons (Fsp3) is 0.478. The van der Waals surface area contributed by atoms with E-state index in [4.69, 9.17) is 31.5 Å². The zero-order valence-electron chi connectivity index (χ0n) is 19.7. The molecule has 1 aliphatic heterocycles. The van der Waals surface area contributed by atoms with Crippen molar-refractivity contribution in [2.75, 3.05) is 54.6 Å². The number of benzene rings is 1. The van der Waals surface area contributed by atoms with Gasteiger partial charge < -0.3 is 30.2 Å². The van der Waals surface area contributed by atoms with Crippen LogP contribution in [0.3, 0.4) is 0 Å². The van der Waals surface area contributed by atoms with Gasteiger partial charge in [0, 0.05) is 17.3 Å². The van der Waals surface area contributed by atoms with Crippen LogP contribution in [-0.2, 0) is 23.8 Å². The molecule has 1 atom stereocenters. The molecule has 0 saturated heterocycles. The maximum atomic E-state index is 12.9. The molecule has 3 N–H and O–H groups in total. The molecule has 1 aromatic carbocycles. The highest BCUT2D eigenvalue weighted by Gasteiger charge is 2.39. The van der Waals surface area contributed by atoms with Gasteiger partial charge in [-0.25, -0.2) is 9.59 Å². The Labute approximate surface area is 195 Å². The van der Waals surface area contributed by atoms with E-state index < -0.39 is 17.9 Å². The van der Waals surface area contributed by atoms with Crippen LogP contribution in [0.2, 0.25) is 5.02 Å². The first-order chi connectivity index (χ1) is 15.2. The molecule has 1 aromatic rings. The Bertz CT molecular complexity index is 849. The SMILES string of the molecule is CCOC(=O)C1=C(COCCN)NC(C)=C(C(=O)OC)C1c1ccccc1Cl.CN(C)C. The van der Waals surface area contributed by atoms with Crippen LogP contribution in [0.5, 0.6) is 0 Å². The molecule has 9 heteroatoms. The molecule has 0 bridgehead atoms. The predicted molar refractivity (Wildman–Crippen MR) is 125 cm³/mol. The first kappa shape index (κ1) is 27.6. The molecule has 8 nitrogen and oxygen atoms in total. The topological polar surface area (TPSA) is 103 Å². The molecule has 0 fully saturated rings. The Hall–Kier alpha value is -2.39. The number of allylic oxidation sites excluding steroid dienone is 1. The lowest BCUT2D eigenvalue weighted by Crippen LogP contribution is -2.35. The van der Waals surface area contributed by atoms with E-state index in [0.29, 0.717) is 40.7 Å². The maximum Gasteiger partial charge on any atom is 0.336 e. The second-order valence-electron chi connectivity index (χ2n) is 7.41. The largest absolute Gasteiger partial charge is 0.466 e. The van der Waals surface area contributed by atoms with Crippen LogP contribution >= 0.6 is 11.6 Å². The van der Waals surface area contributed by atoms with Crippen molar-refractivity contribution < 1.29 is 23.8 Å². The number of halogens is 1. The van der Waals surface area contributed by atoms with E-state index in [2.05, 4.69) is 5.32 Å². The number of nitrogens with one attached hydrogen (secondary N) is 1. The summed E-state index contributed by atoms with van der Waals surface area (Å²) < 4.78 is 15.8. The third kappa shape index (κ3) is 7.63. The summed E-state index contributed by atoms with van der Waals surface area (Å²) in [6.07, 6.45) is 0. The third-order valence-corrected chi connectivity index (χ3v) is 4.61. The van der Waals surface area contributed by atoms with Crippen LogP contribution in [0, 0.1) is 0 Å². The third-order valence-electron chi connectivity index (χ3n) is 4.27. The molecule has 1 aliphatic rings. The van der Waals surface area contributed by atoms with Gasteiger partial charge in [0.25, 0.3) is 0 Å². The molecule has 0 amide bonds. The highest BCUT2D eigenvalue weighted by Crippen LogP contribution is 2.41. The molecule has 1 unspecified atom stereocenters. The molecule has 32 heavy (non-hydrogen) atoms. The fourth-order valence-electron chi connectivity index (χ4n) is 3.12. The Morgan fingerprint density at radius 2 is 1.78 bits per heavy atom. The van der Waals surface area contributed by atoms with Gasteiger partial charge in [0.1, 0.15) is 0 Å². The first-order valence-corrected chi connectivity index (χ1v) is 10.7. The van der Waals surface area contributed by atoms with Gasteiger partial charge in [0.05, 0.1) is 49.7 Å². The maximum absolute atomic E-state index is 12.9. The van der Waals surface area contributed by atoms with Crippen LogP contribution in [-0.4, -0.2) is 71.5 Å². The Morgan fingerprint density at radius 1 is 1.16 bits per heavy atom. The van der Waals surface area contributed by atoms with Crippen molar-refractivity contribution in [3.63, 3.8) is 0 Å². The van der Waals surface area contributed by atoms with Crippen molar-refractivity contribution in [2.45, 2.75) is 19.8 Å². The van der Waals surface area contributed by atoms with Crippen molar-refractivity contribution in [1.29, 1.82) is 0 Å². The normalized spacial score (nSPS) is 15.7. The zero-order valence-corrected chi connectivity index (χ0v) is 20.4. The van der Waals surface area contributed by atoms with Gasteiger partial charge in [0.15, 0.2) is 0 Å².